The maximum atomic E-state index is 12.6. The molecule has 0 aliphatic heterocycles. The lowest BCUT2D eigenvalue weighted by Gasteiger charge is -2.14. The quantitative estimate of drug-likeness (QED) is 0.863. The summed E-state index contributed by atoms with van der Waals surface area (Å²) in [5, 5.41) is 5.84. The van der Waals surface area contributed by atoms with E-state index in [1.807, 2.05) is 5.38 Å². The number of aryl methyl sites for hydroxylation is 1. The van der Waals surface area contributed by atoms with Crippen LogP contribution in [0.3, 0.4) is 0 Å². The minimum absolute atomic E-state index is 0.219. The summed E-state index contributed by atoms with van der Waals surface area (Å²) in [6.07, 6.45) is -3.22. The molecule has 2 rings (SSSR count). The Kier molecular flexibility index (Phi) is 5.52. The monoisotopic (exact) mass is 349 g/mol. The number of alkyl halides is 3. The van der Waals surface area contributed by atoms with E-state index in [1.54, 1.807) is 12.4 Å². The standard InChI is InChI=1S/C13H14F3N3OS2/c1-2-9(12-19-10(6-22-12)13(14,15)16)18-11(20)4-3-8-5-21-7-17-8/h5-7,9H,2-4H2,1H3,(H,18,20)/t9-/m0/s1. The molecule has 0 saturated carbocycles. The van der Waals surface area contributed by atoms with E-state index in [-0.39, 0.29) is 17.3 Å². The fourth-order valence-corrected chi connectivity index (χ4v) is 3.34. The maximum absolute atomic E-state index is 12.6. The largest absolute Gasteiger partial charge is 0.434 e. The van der Waals surface area contributed by atoms with Crippen molar-refractivity contribution in [3.05, 3.63) is 32.7 Å². The number of carbonyl (C=O) groups is 1. The molecule has 120 valence electrons. The molecule has 0 unspecified atom stereocenters. The first-order valence-corrected chi connectivity index (χ1v) is 8.41. The van der Waals surface area contributed by atoms with Crippen molar-refractivity contribution < 1.29 is 18.0 Å². The highest BCUT2D eigenvalue weighted by Crippen LogP contribution is 2.32. The van der Waals surface area contributed by atoms with Gasteiger partial charge in [0, 0.05) is 17.2 Å². The van der Waals surface area contributed by atoms with E-state index in [4.69, 9.17) is 0 Å². The molecule has 0 radical (unpaired) electrons. The van der Waals surface area contributed by atoms with E-state index < -0.39 is 17.9 Å². The topological polar surface area (TPSA) is 54.9 Å². The van der Waals surface area contributed by atoms with Gasteiger partial charge in [0.05, 0.1) is 17.2 Å². The Bertz CT molecular complexity index is 610. The smallest absolute Gasteiger partial charge is 0.347 e. The second-order valence-corrected chi connectivity index (χ2v) is 6.19. The highest BCUT2D eigenvalue weighted by molar-refractivity contribution is 7.09. The van der Waals surface area contributed by atoms with Gasteiger partial charge in [0.1, 0.15) is 5.01 Å². The molecule has 4 nitrogen and oxygen atoms in total. The lowest BCUT2D eigenvalue weighted by Crippen LogP contribution is -2.28. The lowest BCUT2D eigenvalue weighted by molar-refractivity contribution is -0.140. The van der Waals surface area contributed by atoms with Gasteiger partial charge < -0.3 is 5.32 Å². The SMILES string of the molecule is CC[C@H](NC(=O)CCc1cscn1)c1nc(C(F)(F)F)cs1. The predicted molar refractivity (Wildman–Crippen MR) is 78.7 cm³/mol. The lowest BCUT2D eigenvalue weighted by atomic mass is 10.2. The zero-order valence-corrected chi connectivity index (χ0v) is 13.3. The zero-order chi connectivity index (χ0) is 16.2. The molecular formula is C13H14F3N3OS2. The van der Waals surface area contributed by atoms with Crippen LogP contribution in [0.4, 0.5) is 13.2 Å². The molecule has 0 aromatic carbocycles. The first-order valence-electron chi connectivity index (χ1n) is 6.59. The summed E-state index contributed by atoms with van der Waals surface area (Å²) in [5.74, 6) is -0.219. The van der Waals surface area contributed by atoms with Crippen LogP contribution in [0.1, 0.15) is 42.2 Å². The van der Waals surface area contributed by atoms with Gasteiger partial charge in [-0.15, -0.1) is 22.7 Å². The molecule has 0 saturated heterocycles. The number of amides is 1. The molecule has 2 heterocycles. The van der Waals surface area contributed by atoms with Crippen LogP contribution in [0, 0.1) is 0 Å². The molecule has 0 aliphatic carbocycles. The third kappa shape index (κ3) is 4.51. The van der Waals surface area contributed by atoms with Crippen molar-refractivity contribution in [2.24, 2.45) is 0 Å². The second-order valence-electron chi connectivity index (χ2n) is 4.58. The third-order valence-corrected chi connectivity index (χ3v) is 4.54. The van der Waals surface area contributed by atoms with Gasteiger partial charge in [-0.25, -0.2) is 9.97 Å². The number of halogens is 3. The minimum atomic E-state index is -4.46. The molecule has 2 aromatic heterocycles. The van der Waals surface area contributed by atoms with Gasteiger partial charge in [-0.3, -0.25) is 4.79 Å². The predicted octanol–water partition coefficient (Wildman–Crippen LogP) is 3.82. The minimum Gasteiger partial charge on any atom is -0.347 e. The van der Waals surface area contributed by atoms with Crippen LogP contribution in [0.2, 0.25) is 0 Å². The summed E-state index contributed by atoms with van der Waals surface area (Å²) in [6.45, 7) is 1.79. The van der Waals surface area contributed by atoms with Crippen LogP contribution in [0.25, 0.3) is 0 Å². The van der Waals surface area contributed by atoms with Gasteiger partial charge in [0.25, 0.3) is 0 Å². The second kappa shape index (κ2) is 7.19. The van der Waals surface area contributed by atoms with E-state index in [0.717, 1.165) is 22.4 Å². The van der Waals surface area contributed by atoms with Crippen LogP contribution in [0.5, 0.6) is 0 Å². The van der Waals surface area contributed by atoms with Crippen LogP contribution in [-0.2, 0) is 17.4 Å². The number of nitrogens with one attached hydrogen (secondary N) is 1. The Morgan fingerprint density at radius 1 is 1.41 bits per heavy atom. The molecule has 0 aliphatic rings. The van der Waals surface area contributed by atoms with Crippen LogP contribution in [0.15, 0.2) is 16.3 Å². The summed E-state index contributed by atoms with van der Waals surface area (Å²) in [4.78, 5) is 19.6. The van der Waals surface area contributed by atoms with Crippen molar-refractivity contribution in [3.63, 3.8) is 0 Å². The van der Waals surface area contributed by atoms with Gasteiger partial charge in [-0.1, -0.05) is 6.92 Å². The van der Waals surface area contributed by atoms with E-state index in [0.29, 0.717) is 12.8 Å². The highest BCUT2D eigenvalue weighted by Gasteiger charge is 2.34. The highest BCUT2D eigenvalue weighted by atomic mass is 32.1. The Balaban J connectivity index is 1.93. The summed E-state index contributed by atoms with van der Waals surface area (Å²) >= 11 is 2.36. The number of thiazole rings is 2. The summed E-state index contributed by atoms with van der Waals surface area (Å²) in [7, 11) is 0. The summed E-state index contributed by atoms with van der Waals surface area (Å²) in [6, 6.07) is -0.496. The number of aromatic nitrogens is 2. The van der Waals surface area contributed by atoms with Crippen molar-refractivity contribution in [2.75, 3.05) is 0 Å². The average molecular weight is 349 g/mol. The number of nitrogens with zero attached hydrogens (tertiary/aromatic N) is 2. The number of hydrogen-bond acceptors (Lipinski definition) is 5. The molecule has 22 heavy (non-hydrogen) atoms. The molecule has 1 N–H and O–H groups in total. The van der Waals surface area contributed by atoms with Gasteiger partial charge in [-0.05, 0) is 12.8 Å². The number of hydrogen-bond donors (Lipinski definition) is 1. The van der Waals surface area contributed by atoms with Crippen LogP contribution in [-0.4, -0.2) is 15.9 Å². The Hall–Kier alpha value is -1.48. The van der Waals surface area contributed by atoms with Crippen molar-refractivity contribution >= 4 is 28.6 Å². The Morgan fingerprint density at radius 3 is 2.73 bits per heavy atom. The fraction of sp³-hybridized carbons (Fsp3) is 0.462. The van der Waals surface area contributed by atoms with Crippen molar-refractivity contribution in [1.29, 1.82) is 0 Å². The maximum Gasteiger partial charge on any atom is 0.434 e. The molecule has 0 fully saturated rings. The summed E-state index contributed by atoms with van der Waals surface area (Å²) in [5.41, 5.74) is 1.61. The van der Waals surface area contributed by atoms with Crippen molar-refractivity contribution in [3.8, 4) is 0 Å². The molecule has 0 spiro atoms. The molecular weight excluding hydrogens is 335 g/mol. The van der Waals surface area contributed by atoms with Crippen LogP contribution >= 0.6 is 22.7 Å². The van der Waals surface area contributed by atoms with E-state index in [1.165, 1.54) is 11.3 Å². The third-order valence-electron chi connectivity index (χ3n) is 2.95. The molecule has 0 bridgehead atoms. The van der Waals surface area contributed by atoms with Gasteiger partial charge in [0.15, 0.2) is 5.69 Å². The Morgan fingerprint density at radius 2 is 2.18 bits per heavy atom. The van der Waals surface area contributed by atoms with Crippen molar-refractivity contribution in [2.45, 2.75) is 38.4 Å². The fourth-order valence-electron chi connectivity index (χ4n) is 1.79. The van der Waals surface area contributed by atoms with E-state index >= 15 is 0 Å². The number of carbonyl (C=O) groups excluding carboxylic acids is 1. The summed E-state index contributed by atoms with van der Waals surface area (Å²) < 4.78 is 37.7. The van der Waals surface area contributed by atoms with E-state index in [9.17, 15) is 18.0 Å². The first kappa shape index (κ1) is 16.9. The van der Waals surface area contributed by atoms with Gasteiger partial charge in [0.2, 0.25) is 5.91 Å². The van der Waals surface area contributed by atoms with Crippen molar-refractivity contribution in [1.82, 2.24) is 15.3 Å². The van der Waals surface area contributed by atoms with Crippen LogP contribution < -0.4 is 5.32 Å². The normalized spacial score (nSPS) is 13.1. The molecule has 9 heteroatoms. The number of rotatable bonds is 6. The molecule has 1 amide bonds. The van der Waals surface area contributed by atoms with Gasteiger partial charge >= 0.3 is 6.18 Å². The zero-order valence-electron chi connectivity index (χ0n) is 11.7. The average Bonchev–Trinajstić information content (AvgIpc) is 3.12. The first-order chi connectivity index (χ1) is 10.4. The van der Waals surface area contributed by atoms with Gasteiger partial charge in [-0.2, -0.15) is 13.2 Å². The van der Waals surface area contributed by atoms with E-state index in [2.05, 4.69) is 15.3 Å². The molecule has 1 atom stereocenters. The Labute approximate surface area is 133 Å². The molecule has 2 aromatic rings.